The first kappa shape index (κ1) is 14.3. The summed E-state index contributed by atoms with van der Waals surface area (Å²) < 4.78 is 1.74. The second-order valence-corrected chi connectivity index (χ2v) is 5.46. The molecule has 0 saturated carbocycles. The van der Waals surface area contributed by atoms with Crippen molar-refractivity contribution in [2.45, 2.75) is 13.0 Å². The van der Waals surface area contributed by atoms with Crippen molar-refractivity contribution in [2.24, 2.45) is 7.05 Å². The SMILES string of the molecule is CC(NC(=O)c1cccn1C)c1ccc(C(=O)NO)s1. The standard InChI is InChI=1S/C13H15N3O3S/c1-8(10-5-6-11(20-10)13(18)15-19)14-12(17)9-4-3-7-16(9)2/h3-8,19H,1-2H3,(H,14,17)(H,15,18). The molecule has 3 N–H and O–H groups in total. The van der Waals surface area contributed by atoms with Gasteiger partial charge in [-0.15, -0.1) is 11.3 Å². The summed E-state index contributed by atoms with van der Waals surface area (Å²) in [5, 5.41) is 11.4. The summed E-state index contributed by atoms with van der Waals surface area (Å²) in [6.45, 7) is 1.84. The van der Waals surface area contributed by atoms with Crippen LogP contribution in [0.25, 0.3) is 0 Å². The zero-order valence-corrected chi connectivity index (χ0v) is 11.9. The molecular weight excluding hydrogens is 278 g/mol. The summed E-state index contributed by atoms with van der Waals surface area (Å²) in [4.78, 5) is 24.6. The van der Waals surface area contributed by atoms with Crippen molar-refractivity contribution in [1.82, 2.24) is 15.4 Å². The fourth-order valence-electron chi connectivity index (χ4n) is 1.80. The van der Waals surface area contributed by atoms with Crippen LogP contribution in [0.1, 0.15) is 38.0 Å². The maximum absolute atomic E-state index is 12.1. The van der Waals surface area contributed by atoms with Gasteiger partial charge < -0.3 is 9.88 Å². The number of rotatable bonds is 4. The van der Waals surface area contributed by atoms with Gasteiger partial charge in [-0.2, -0.15) is 0 Å². The molecule has 0 aromatic carbocycles. The van der Waals surface area contributed by atoms with Crippen LogP contribution >= 0.6 is 11.3 Å². The third-order valence-electron chi connectivity index (χ3n) is 2.90. The number of amides is 2. The van der Waals surface area contributed by atoms with Crippen LogP contribution in [0.2, 0.25) is 0 Å². The number of nitrogens with one attached hydrogen (secondary N) is 2. The van der Waals surface area contributed by atoms with Crippen LogP contribution in [0.4, 0.5) is 0 Å². The highest BCUT2D eigenvalue weighted by molar-refractivity contribution is 7.14. The van der Waals surface area contributed by atoms with Crippen molar-refractivity contribution in [3.63, 3.8) is 0 Å². The molecule has 106 valence electrons. The number of carbonyl (C=O) groups is 2. The Morgan fingerprint density at radius 1 is 1.30 bits per heavy atom. The van der Waals surface area contributed by atoms with Gasteiger partial charge in [-0.05, 0) is 31.2 Å². The molecule has 2 heterocycles. The average Bonchev–Trinajstić information content (AvgIpc) is 3.06. The number of hydroxylamine groups is 1. The number of nitrogens with zero attached hydrogens (tertiary/aromatic N) is 1. The maximum Gasteiger partial charge on any atom is 0.284 e. The Balaban J connectivity index is 2.07. The summed E-state index contributed by atoms with van der Waals surface area (Å²) in [5.41, 5.74) is 2.16. The van der Waals surface area contributed by atoms with E-state index in [-0.39, 0.29) is 11.9 Å². The van der Waals surface area contributed by atoms with Gasteiger partial charge >= 0.3 is 0 Å². The zero-order chi connectivity index (χ0) is 14.7. The Labute approximate surface area is 120 Å². The molecule has 0 aliphatic heterocycles. The highest BCUT2D eigenvalue weighted by Gasteiger charge is 2.16. The molecule has 2 amide bonds. The van der Waals surface area contributed by atoms with E-state index >= 15 is 0 Å². The van der Waals surface area contributed by atoms with Crippen molar-refractivity contribution >= 4 is 23.2 Å². The third-order valence-corrected chi connectivity index (χ3v) is 4.17. The van der Waals surface area contributed by atoms with E-state index in [9.17, 15) is 9.59 Å². The molecule has 6 nitrogen and oxygen atoms in total. The molecule has 0 bridgehead atoms. The lowest BCUT2D eigenvalue weighted by Crippen LogP contribution is -2.27. The smallest absolute Gasteiger partial charge is 0.284 e. The second-order valence-electron chi connectivity index (χ2n) is 4.34. The summed E-state index contributed by atoms with van der Waals surface area (Å²) >= 11 is 1.22. The zero-order valence-electron chi connectivity index (χ0n) is 11.1. The first-order chi connectivity index (χ1) is 9.52. The molecule has 0 spiro atoms. The topological polar surface area (TPSA) is 83.4 Å². The van der Waals surface area contributed by atoms with E-state index in [1.165, 1.54) is 11.3 Å². The van der Waals surface area contributed by atoms with Gasteiger partial charge in [-0.3, -0.25) is 14.8 Å². The monoisotopic (exact) mass is 293 g/mol. The summed E-state index contributed by atoms with van der Waals surface area (Å²) in [6.07, 6.45) is 1.80. The Morgan fingerprint density at radius 3 is 2.65 bits per heavy atom. The van der Waals surface area contributed by atoms with Crippen molar-refractivity contribution < 1.29 is 14.8 Å². The first-order valence-corrected chi connectivity index (χ1v) is 6.81. The van der Waals surface area contributed by atoms with E-state index in [1.807, 2.05) is 6.92 Å². The van der Waals surface area contributed by atoms with E-state index < -0.39 is 5.91 Å². The molecule has 2 aromatic heterocycles. The van der Waals surface area contributed by atoms with Gasteiger partial charge in [0.2, 0.25) is 0 Å². The fourth-order valence-corrected chi connectivity index (χ4v) is 2.70. The van der Waals surface area contributed by atoms with Crippen LogP contribution in [-0.4, -0.2) is 21.6 Å². The number of hydrogen-bond acceptors (Lipinski definition) is 4. The number of aryl methyl sites for hydroxylation is 1. The van der Waals surface area contributed by atoms with E-state index in [4.69, 9.17) is 5.21 Å². The molecule has 0 aliphatic carbocycles. The number of thiophene rings is 1. The van der Waals surface area contributed by atoms with Crippen LogP contribution in [0, 0.1) is 0 Å². The van der Waals surface area contributed by atoms with Crippen LogP contribution in [0.3, 0.4) is 0 Å². The van der Waals surface area contributed by atoms with Crippen molar-refractivity contribution in [3.8, 4) is 0 Å². The molecule has 1 atom stereocenters. The number of aromatic nitrogens is 1. The molecule has 0 aliphatic rings. The minimum absolute atomic E-state index is 0.174. The molecule has 7 heteroatoms. The molecule has 2 aromatic rings. The van der Waals surface area contributed by atoms with Crippen molar-refractivity contribution in [3.05, 3.63) is 45.9 Å². The Kier molecular flexibility index (Phi) is 4.21. The highest BCUT2D eigenvalue weighted by atomic mass is 32.1. The lowest BCUT2D eigenvalue weighted by Gasteiger charge is -2.12. The largest absolute Gasteiger partial charge is 0.347 e. The summed E-state index contributed by atoms with van der Waals surface area (Å²) in [6, 6.07) is 6.68. The van der Waals surface area contributed by atoms with Crippen LogP contribution in [0.5, 0.6) is 0 Å². The fraction of sp³-hybridized carbons (Fsp3) is 0.231. The maximum atomic E-state index is 12.1. The quantitative estimate of drug-likeness (QED) is 0.592. The van der Waals surface area contributed by atoms with Crippen LogP contribution in [0.15, 0.2) is 30.5 Å². The van der Waals surface area contributed by atoms with Crippen LogP contribution < -0.4 is 10.8 Å². The van der Waals surface area contributed by atoms with Gasteiger partial charge in [0.1, 0.15) is 5.69 Å². The molecule has 0 fully saturated rings. The normalized spacial score (nSPS) is 11.9. The van der Waals surface area contributed by atoms with Gasteiger partial charge in [0.15, 0.2) is 0 Å². The minimum atomic E-state index is -0.554. The van der Waals surface area contributed by atoms with E-state index in [2.05, 4.69) is 5.32 Å². The Morgan fingerprint density at radius 2 is 2.05 bits per heavy atom. The first-order valence-electron chi connectivity index (χ1n) is 5.99. The molecule has 2 rings (SSSR count). The molecule has 0 saturated heterocycles. The van der Waals surface area contributed by atoms with Crippen molar-refractivity contribution in [1.29, 1.82) is 0 Å². The minimum Gasteiger partial charge on any atom is -0.347 e. The molecular formula is C13H15N3O3S. The van der Waals surface area contributed by atoms with Gasteiger partial charge in [0.25, 0.3) is 11.8 Å². The Bertz CT molecular complexity index is 632. The second kappa shape index (κ2) is 5.89. The lowest BCUT2D eigenvalue weighted by atomic mass is 10.2. The number of hydrogen-bond donors (Lipinski definition) is 3. The van der Waals surface area contributed by atoms with Gasteiger partial charge in [-0.1, -0.05) is 0 Å². The van der Waals surface area contributed by atoms with E-state index in [0.29, 0.717) is 10.6 Å². The van der Waals surface area contributed by atoms with Crippen LogP contribution in [-0.2, 0) is 7.05 Å². The molecule has 20 heavy (non-hydrogen) atoms. The molecule has 0 radical (unpaired) electrons. The van der Waals surface area contributed by atoms with Gasteiger partial charge in [-0.25, -0.2) is 5.48 Å². The summed E-state index contributed by atoms with van der Waals surface area (Å²) in [5.74, 6) is -0.728. The number of carbonyl (C=O) groups excluding carboxylic acids is 2. The summed E-state index contributed by atoms with van der Waals surface area (Å²) in [7, 11) is 1.80. The molecule has 1 unspecified atom stereocenters. The average molecular weight is 293 g/mol. The highest BCUT2D eigenvalue weighted by Crippen LogP contribution is 2.23. The van der Waals surface area contributed by atoms with E-state index in [1.54, 1.807) is 47.6 Å². The van der Waals surface area contributed by atoms with E-state index in [0.717, 1.165) is 4.88 Å². The predicted octanol–water partition coefficient (Wildman–Crippen LogP) is 1.70. The third kappa shape index (κ3) is 2.89. The Hall–Kier alpha value is -2.12. The van der Waals surface area contributed by atoms with Crippen molar-refractivity contribution in [2.75, 3.05) is 0 Å². The predicted molar refractivity (Wildman–Crippen MR) is 74.9 cm³/mol. The van der Waals surface area contributed by atoms with Gasteiger partial charge in [0.05, 0.1) is 10.9 Å². The van der Waals surface area contributed by atoms with Gasteiger partial charge in [0, 0.05) is 18.1 Å². The lowest BCUT2D eigenvalue weighted by molar-refractivity contribution is 0.0711.